The first-order valence-electron chi connectivity index (χ1n) is 6.18. The van der Waals surface area contributed by atoms with Gasteiger partial charge in [-0.2, -0.15) is 0 Å². The quantitative estimate of drug-likeness (QED) is 0.916. The first kappa shape index (κ1) is 14.0. The van der Waals surface area contributed by atoms with Crippen LogP contribution < -0.4 is 10.1 Å². The molecule has 1 aromatic heterocycles. The summed E-state index contributed by atoms with van der Waals surface area (Å²) in [6, 6.07) is 12.0. The third kappa shape index (κ3) is 3.78. The molecule has 0 bridgehead atoms. The van der Waals surface area contributed by atoms with Gasteiger partial charge in [0.25, 0.3) is 0 Å². The molecule has 3 nitrogen and oxygen atoms in total. The van der Waals surface area contributed by atoms with Gasteiger partial charge in [-0.25, -0.2) is 4.98 Å². The van der Waals surface area contributed by atoms with Gasteiger partial charge in [0.15, 0.2) is 0 Å². The van der Waals surface area contributed by atoms with E-state index < -0.39 is 0 Å². The highest BCUT2D eigenvalue weighted by Crippen LogP contribution is 2.19. The van der Waals surface area contributed by atoms with E-state index >= 15 is 0 Å². The largest absolute Gasteiger partial charge is 0.473 e. The van der Waals surface area contributed by atoms with Crippen molar-refractivity contribution in [3.8, 4) is 5.88 Å². The molecule has 2 aromatic rings. The molecule has 0 unspecified atom stereocenters. The number of aryl methyl sites for hydroxylation is 1. The van der Waals surface area contributed by atoms with Crippen LogP contribution in [0.1, 0.15) is 16.8 Å². The van der Waals surface area contributed by atoms with Gasteiger partial charge in [0.05, 0.1) is 0 Å². The second kappa shape index (κ2) is 6.68. The van der Waals surface area contributed by atoms with Gasteiger partial charge in [-0.15, -0.1) is 0 Å². The van der Waals surface area contributed by atoms with Crippen LogP contribution in [0.2, 0.25) is 0 Å². The van der Waals surface area contributed by atoms with Crippen LogP contribution in [0, 0.1) is 6.92 Å². The second-order valence-electron chi connectivity index (χ2n) is 4.30. The number of hydrogen-bond donors (Lipinski definition) is 1. The summed E-state index contributed by atoms with van der Waals surface area (Å²) in [7, 11) is 1.93. The van der Waals surface area contributed by atoms with Crippen LogP contribution in [-0.4, -0.2) is 12.0 Å². The number of rotatable bonds is 5. The number of aromatic nitrogens is 1. The van der Waals surface area contributed by atoms with Gasteiger partial charge in [-0.3, -0.25) is 0 Å². The van der Waals surface area contributed by atoms with Crippen LogP contribution in [-0.2, 0) is 13.2 Å². The molecular weight excluding hydrogens is 304 g/mol. The Morgan fingerprint density at radius 3 is 2.63 bits per heavy atom. The van der Waals surface area contributed by atoms with Crippen LogP contribution >= 0.6 is 15.9 Å². The maximum Gasteiger partial charge on any atom is 0.213 e. The van der Waals surface area contributed by atoms with Gasteiger partial charge in [0.1, 0.15) is 6.61 Å². The first-order valence-corrected chi connectivity index (χ1v) is 6.97. The third-order valence-corrected chi connectivity index (χ3v) is 3.64. The minimum absolute atomic E-state index is 0.513. The van der Waals surface area contributed by atoms with E-state index in [4.69, 9.17) is 4.74 Å². The molecule has 0 spiro atoms. The number of nitrogens with zero attached hydrogens (tertiary/aromatic N) is 1. The van der Waals surface area contributed by atoms with E-state index in [1.807, 2.05) is 50.4 Å². The van der Waals surface area contributed by atoms with Crippen molar-refractivity contribution in [2.24, 2.45) is 0 Å². The standard InChI is InChI=1S/C15H17BrN2O/c1-11-12(9-17-2)7-8-15(18-11)19-10-13-5-3-4-6-14(13)16/h3-8,17H,9-10H2,1-2H3. The highest BCUT2D eigenvalue weighted by molar-refractivity contribution is 9.10. The molecule has 1 N–H and O–H groups in total. The zero-order chi connectivity index (χ0) is 13.7. The lowest BCUT2D eigenvalue weighted by Crippen LogP contribution is -2.08. The van der Waals surface area contributed by atoms with Crippen molar-refractivity contribution < 1.29 is 4.74 Å². The molecule has 100 valence electrons. The maximum atomic E-state index is 5.73. The van der Waals surface area contributed by atoms with Crippen LogP contribution in [0.5, 0.6) is 5.88 Å². The van der Waals surface area contributed by atoms with Gasteiger partial charge in [0.2, 0.25) is 5.88 Å². The van der Waals surface area contributed by atoms with Gasteiger partial charge in [-0.1, -0.05) is 40.2 Å². The van der Waals surface area contributed by atoms with E-state index in [2.05, 4.69) is 26.2 Å². The third-order valence-electron chi connectivity index (χ3n) is 2.87. The summed E-state index contributed by atoms with van der Waals surface area (Å²) >= 11 is 3.51. The van der Waals surface area contributed by atoms with E-state index in [-0.39, 0.29) is 0 Å². The molecule has 0 aliphatic carbocycles. The van der Waals surface area contributed by atoms with E-state index in [1.165, 1.54) is 5.56 Å². The molecule has 0 aliphatic rings. The van der Waals surface area contributed by atoms with E-state index in [9.17, 15) is 0 Å². The molecule has 0 aliphatic heterocycles. The summed E-state index contributed by atoms with van der Waals surface area (Å²) in [6.07, 6.45) is 0. The zero-order valence-electron chi connectivity index (χ0n) is 11.1. The minimum Gasteiger partial charge on any atom is -0.473 e. The topological polar surface area (TPSA) is 34.1 Å². The van der Waals surface area contributed by atoms with Crippen molar-refractivity contribution in [3.63, 3.8) is 0 Å². The summed E-state index contributed by atoms with van der Waals surface area (Å²) in [4.78, 5) is 4.46. The molecule has 0 saturated heterocycles. The van der Waals surface area contributed by atoms with Crippen LogP contribution in [0.25, 0.3) is 0 Å². The summed E-state index contributed by atoms with van der Waals surface area (Å²) in [5.41, 5.74) is 3.30. The Labute approximate surface area is 122 Å². The van der Waals surface area contributed by atoms with Gasteiger partial charge in [0, 0.05) is 28.3 Å². The van der Waals surface area contributed by atoms with Gasteiger partial charge < -0.3 is 10.1 Å². The SMILES string of the molecule is CNCc1ccc(OCc2ccccc2Br)nc1C. The molecule has 0 fully saturated rings. The summed E-state index contributed by atoms with van der Waals surface area (Å²) in [5.74, 6) is 0.660. The lowest BCUT2D eigenvalue weighted by Gasteiger charge is -2.10. The van der Waals surface area contributed by atoms with E-state index in [0.29, 0.717) is 12.5 Å². The molecule has 4 heteroatoms. The Morgan fingerprint density at radius 2 is 1.95 bits per heavy atom. The smallest absolute Gasteiger partial charge is 0.213 e. The molecule has 0 amide bonds. The zero-order valence-corrected chi connectivity index (χ0v) is 12.7. The number of pyridine rings is 1. The van der Waals surface area contributed by atoms with Crippen LogP contribution in [0.3, 0.4) is 0 Å². The minimum atomic E-state index is 0.513. The molecular formula is C15H17BrN2O. The van der Waals surface area contributed by atoms with Crippen LogP contribution in [0.15, 0.2) is 40.9 Å². The lowest BCUT2D eigenvalue weighted by molar-refractivity contribution is 0.292. The average molecular weight is 321 g/mol. The number of hydrogen-bond acceptors (Lipinski definition) is 3. The van der Waals surface area contributed by atoms with Crippen molar-refractivity contribution in [1.29, 1.82) is 0 Å². The summed E-state index contributed by atoms with van der Waals surface area (Å²) < 4.78 is 6.78. The Morgan fingerprint density at radius 1 is 1.16 bits per heavy atom. The summed E-state index contributed by atoms with van der Waals surface area (Å²) in [6.45, 7) is 3.33. The molecule has 1 aromatic carbocycles. The fraction of sp³-hybridized carbons (Fsp3) is 0.267. The molecule has 0 saturated carbocycles. The van der Waals surface area contributed by atoms with Crippen molar-refractivity contribution in [2.45, 2.75) is 20.1 Å². The van der Waals surface area contributed by atoms with Crippen molar-refractivity contribution in [3.05, 3.63) is 57.7 Å². The molecule has 1 heterocycles. The number of nitrogens with one attached hydrogen (secondary N) is 1. The Bertz CT molecular complexity index is 558. The highest BCUT2D eigenvalue weighted by atomic mass is 79.9. The van der Waals surface area contributed by atoms with Crippen LogP contribution in [0.4, 0.5) is 0 Å². The number of ether oxygens (including phenoxy) is 1. The molecule has 0 atom stereocenters. The average Bonchev–Trinajstić information content (AvgIpc) is 2.41. The normalized spacial score (nSPS) is 10.5. The van der Waals surface area contributed by atoms with Gasteiger partial charge in [-0.05, 0) is 25.6 Å². The Balaban J connectivity index is 2.04. The lowest BCUT2D eigenvalue weighted by atomic mass is 10.2. The highest BCUT2D eigenvalue weighted by Gasteiger charge is 2.04. The Kier molecular flexibility index (Phi) is 4.93. The molecule has 2 rings (SSSR count). The van der Waals surface area contributed by atoms with Gasteiger partial charge >= 0.3 is 0 Å². The predicted molar refractivity (Wildman–Crippen MR) is 80.2 cm³/mol. The Hall–Kier alpha value is -1.39. The van der Waals surface area contributed by atoms with Crippen molar-refractivity contribution in [2.75, 3.05) is 7.05 Å². The number of halogens is 1. The number of benzene rings is 1. The predicted octanol–water partition coefficient (Wildman–Crippen LogP) is 3.45. The van der Waals surface area contributed by atoms with E-state index in [1.54, 1.807) is 0 Å². The van der Waals surface area contributed by atoms with Crippen molar-refractivity contribution >= 4 is 15.9 Å². The fourth-order valence-electron chi connectivity index (χ4n) is 1.79. The maximum absolute atomic E-state index is 5.73. The second-order valence-corrected chi connectivity index (χ2v) is 5.16. The first-order chi connectivity index (χ1) is 9.20. The monoisotopic (exact) mass is 320 g/mol. The molecule has 0 radical (unpaired) electrons. The fourth-order valence-corrected chi connectivity index (χ4v) is 2.19. The van der Waals surface area contributed by atoms with E-state index in [0.717, 1.165) is 22.3 Å². The van der Waals surface area contributed by atoms with Crippen molar-refractivity contribution in [1.82, 2.24) is 10.3 Å². The molecule has 19 heavy (non-hydrogen) atoms. The summed E-state index contributed by atoms with van der Waals surface area (Å²) in [5, 5.41) is 3.12.